The van der Waals surface area contributed by atoms with Crippen LogP contribution in [0, 0.1) is 0 Å². The van der Waals surface area contributed by atoms with Crippen molar-refractivity contribution in [1.82, 2.24) is 19.9 Å². The fourth-order valence-electron chi connectivity index (χ4n) is 2.15. The SMILES string of the molecule is CCCNC(=O)C(C)n1c(C(C)Cl)nc2cc(Cl)cnc21. The number of hydrogen-bond donors (Lipinski definition) is 1. The van der Waals surface area contributed by atoms with Gasteiger partial charge in [0.25, 0.3) is 0 Å². The molecule has 0 aliphatic rings. The maximum absolute atomic E-state index is 12.2. The maximum Gasteiger partial charge on any atom is 0.242 e. The van der Waals surface area contributed by atoms with Crippen LogP contribution in [0.4, 0.5) is 0 Å². The largest absolute Gasteiger partial charge is 0.354 e. The predicted octanol–water partition coefficient (Wildman–Crippen LogP) is 3.47. The fraction of sp³-hybridized carbons (Fsp3) is 0.500. The molecule has 114 valence electrons. The highest BCUT2D eigenvalue weighted by Crippen LogP contribution is 2.28. The number of hydrogen-bond acceptors (Lipinski definition) is 3. The molecule has 0 bridgehead atoms. The number of carbonyl (C=O) groups is 1. The molecule has 0 saturated carbocycles. The van der Waals surface area contributed by atoms with Gasteiger partial charge in [-0.1, -0.05) is 18.5 Å². The summed E-state index contributed by atoms with van der Waals surface area (Å²) in [5.41, 5.74) is 1.25. The number of rotatable bonds is 5. The summed E-state index contributed by atoms with van der Waals surface area (Å²) >= 11 is 12.1. The first-order chi connectivity index (χ1) is 9.95. The van der Waals surface area contributed by atoms with Crippen LogP contribution < -0.4 is 5.32 Å². The van der Waals surface area contributed by atoms with Gasteiger partial charge in [-0.3, -0.25) is 9.36 Å². The van der Waals surface area contributed by atoms with E-state index in [0.717, 1.165) is 6.42 Å². The van der Waals surface area contributed by atoms with Crippen molar-refractivity contribution >= 4 is 40.3 Å². The molecule has 1 amide bonds. The summed E-state index contributed by atoms with van der Waals surface area (Å²) in [5.74, 6) is 0.534. The Balaban J connectivity index is 2.49. The Morgan fingerprint density at radius 3 is 2.81 bits per heavy atom. The van der Waals surface area contributed by atoms with Crippen LogP contribution in [0.25, 0.3) is 11.2 Å². The fourth-order valence-corrected chi connectivity index (χ4v) is 2.46. The predicted molar refractivity (Wildman–Crippen MR) is 84.8 cm³/mol. The second-order valence-electron chi connectivity index (χ2n) is 4.92. The molecule has 0 aromatic carbocycles. The smallest absolute Gasteiger partial charge is 0.242 e. The van der Waals surface area contributed by atoms with Gasteiger partial charge in [-0.15, -0.1) is 11.6 Å². The molecular formula is C14H18Cl2N4O. The Morgan fingerprint density at radius 2 is 2.19 bits per heavy atom. The molecule has 1 N–H and O–H groups in total. The van der Waals surface area contributed by atoms with Crippen LogP contribution in [-0.2, 0) is 4.79 Å². The standard InChI is InChI=1S/C14H18Cl2N4O/c1-4-5-17-14(21)9(3)20-12(8(2)15)19-11-6-10(16)7-18-13(11)20/h6-9H,4-5H2,1-3H3,(H,17,21). The lowest BCUT2D eigenvalue weighted by Gasteiger charge is -2.17. The van der Waals surface area contributed by atoms with Gasteiger partial charge in [-0.2, -0.15) is 0 Å². The number of amides is 1. The van der Waals surface area contributed by atoms with E-state index in [1.54, 1.807) is 16.8 Å². The van der Waals surface area contributed by atoms with Crippen LogP contribution in [-0.4, -0.2) is 27.0 Å². The lowest BCUT2D eigenvalue weighted by Crippen LogP contribution is -2.32. The molecule has 2 atom stereocenters. The third kappa shape index (κ3) is 3.30. The van der Waals surface area contributed by atoms with Crippen molar-refractivity contribution < 1.29 is 4.79 Å². The highest BCUT2D eigenvalue weighted by atomic mass is 35.5. The minimum Gasteiger partial charge on any atom is -0.354 e. The van der Waals surface area contributed by atoms with Gasteiger partial charge in [0, 0.05) is 12.7 Å². The van der Waals surface area contributed by atoms with E-state index in [4.69, 9.17) is 23.2 Å². The molecule has 0 radical (unpaired) electrons. The third-order valence-corrected chi connectivity index (χ3v) is 3.60. The average Bonchev–Trinajstić information content (AvgIpc) is 2.82. The van der Waals surface area contributed by atoms with E-state index in [9.17, 15) is 4.79 Å². The molecule has 2 aromatic heterocycles. The van der Waals surface area contributed by atoms with Gasteiger partial charge >= 0.3 is 0 Å². The second-order valence-corrected chi connectivity index (χ2v) is 6.01. The molecular weight excluding hydrogens is 311 g/mol. The first kappa shape index (κ1) is 16.0. The van der Waals surface area contributed by atoms with E-state index in [1.165, 1.54) is 0 Å². The molecule has 0 aliphatic heterocycles. The number of imidazole rings is 1. The summed E-state index contributed by atoms with van der Waals surface area (Å²) in [6.45, 7) is 6.27. The number of nitrogens with zero attached hydrogens (tertiary/aromatic N) is 3. The minimum absolute atomic E-state index is 0.0773. The summed E-state index contributed by atoms with van der Waals surface area (Å²) < 4.78 is 1.77. The van der Waals surface area contributed by atoms with Crippen LogP contribution in [0.1, 0.15) is 44.4 Å². The third-order valence-electron chi connectivity index (χ3n) is 3.20. The summed E-state index contributed by atoms with van der Waals surface area (Å²) in [6.07, 6.45) is 2.43. The zero-order valence-electron chi connectivity index (χ0n) is 12.2. The molecule has 0 spiro atoms. The van der Waals surface area contributed by atoms with Crippen molar-refractivity contribution in [3.05, 3.63) is 23.1 Å². The number of pyridine rings is 1. The molecule has 2 unspecified atom stereocenters. The van der Waals surface area contributed by atoms with Crippen LogP contribution in [0.5, 0.6) is 0 Å². The molecule has 2 aromatic rings. The normalized spacial score (nSPS) is 14.1. The Morgan fingerprint density at radius 1 is 1.48 bits per heavy atom. The average molecular weight is 329 g/mol. The van der Waals surface area contributed by atoms with E-state index in [0.29, 0.717) is 28.6 Å². The van der Waals surface area contributed by atoms with Gasteiger partial charge in [-0.25, -0.2) is 9.97 Å². The van der Waals surface area contributed by atoms with Crippen molar-refractivity contribution in [3.63, 3.8) is 0 Å². The van der Waals surface area contributed by atoms with Crippen LogP contribution in [0.2, 0.25) is 5.02 Å². The van der Waals surface area contributed by atoms with E-state index >= 15 is 0 Å². The molecule has 2 heterocycles. The van der Waals surface area contributed by atoms with Gasteiger partial charge in [0.2, 0.25) is 5.91 Å². The van der Waals surface area contributed by atoms with Crippen LogP contribution >= 0.6 is 23.2 Å². The molecule has 5 nitrogen and oxygen atoms in total. The Hall–Kier alpha value is -1.33. The number of aromatic nitrogens is 3. The first-order valence-electron chi connectivity index (χ1n) is 6.90. The number of halogens is 2. The Bertz CT molecular complexity index is 654. The van der Waals surface area contributed by atoms with Gasteiger partial charge in [0.05, 0.1) is 10.4 Å². The molecule has 0 saturated heterocycles. The first-order valence-corrected chi connectivity index (χ1v) is 7.72. The lowest BCUT2D eigenvalue weighted by atomic mass is 10.2. The number of nitrogens with one attached hydrogen (secondary N) is 1. The Kier molecular flexibility index (Phi) is 5.06. The van der Waals surface area contributed by atoms with Crippen molar-refractivity contribution in [2.24, 2.45) is 0 Å². The molecule has 0 aliphatic carbocycles. The van der Waals surface area contributed by atoms with E-state index in [1.807, 2.05) is 20.8 Å². The maximum atomic E-state index is 12.2. The quantitative estimate of drug-likeness (QED) is 0.855. The highest BCUT2D eigenvalue weighted by molar-refractivity contribution is 6.31. The summed E-state index contributed by atoms with van der Waals surface area (Å²) in [4.78, 5) is 21.0. The molecule has 0 fully saturated rings. The molecule has 2 rings (SSSR count). The van der Waals surface area contributed by atoms with E-state index < -0.39 is 6.04 Å². The summed E-state index contributed by atoms with van der Waals surface area (Å²) in [5, 5.41) is 3.05. The van der Waals surface area contributed by atoms with Crippen molar-refractivity contribution in [1.29, 1.82) is 0 Å². The second kappa shape index (κ2) is 6.62. The zero-order chi connectivity index (χ0) is 15.6. The molecule has 21 heavy (non-hydrogen) atoms. The van der Waals surface area contributed by atoms with Crippen molar-refractivity contribution in [2.45, 2.75) is 38.6 Å². The summed E-state index contributed by atoms with van der Waals surface area (Å²) in [7, 11) is 0. The van der Waals surface area contributed by atoms with Gasteiger partial charge in [0.1, 0.15) is 17.4 Å². The van der Waals surface area contributed by atoms with Gasteiger partial charge in [0.15, 0.2) is 5.65 Å². The van der Waals surface area contributed by atoms with Crippen molar-refractivity contribution in [3.8, 4) is 0 Å². The van der Waals surface area contributed by atoms with Crippen LogP contribution in [0.15, 0.2) is 12.3 Å². The topological polar surface area (TPSA) is 59.8 Å². The lowest BCUT2D eigenvalue weighted by molar-refractivity contribution is -0.123. The van der Waals surface area contributed by atoms with E-state index in [-0.39, 0.29) is 11.3 Å². The number of carbonyl (C=O) groups excluding carboxylic acids is 1. The highest BCUT2D eigenvalue weighted by Gasteiger charge is 2.24. The van der Waals surface area contributed by atoms with Gasteiger partial charge < -0.3 is 5.32 Å². The monoisotopic (exact) mass is 328 g/mol. The Labute approximate surface area is 133 Å². The zero-order valence-corrected chi connectivity index (χ0v) is 13.7. The summed E-state index contributed by atoms with van der Waals surface area (Å²) in [6, 6.07) is 1.28. The minimum atomic E-state index is -0.438. The molecule has 7 heteroatoms. The number of alkyl halides is 1. The van der Waals surface area contributed by atoms with E-state index in [2.05, 4.69) is 15.3 Å². The number of fused-ring (bicyclic) bond motifs is 1. The van der Waals surface area contributed by atoms with Crippen molar-refractivity contribution in [2.75, 3.05) is 6.54 Å². The van der Waals surface area contributed by atoms with Crippen LogP contribution in [0.3, 0.4) is 0 Å². The van der Waals surface area contributed by atoms with Gasteiger partial charge in [-0.05, 0) is 26.3 Å².